The third-order valence-corrected chi connectivity index (χ3v) is 5.49. The van der Waals surface area contributed by atoms with Crippen LogP contribution in [0.2, 0.25) is 0 Å². The van der Waals surface area contributed by atoms with Crippen LogP contribution in [-0.2, 0) is 14.8 Å². The molecule has 0 spiro atoms. The van der Waals surface area contributed by atoms with Crippen molar-refractivity contribution in [2.24, 2.45) is 0 Å². The van der Waals surface area contributed by atoms with Crippen LogP contribution >= 0.6 is 0 Å². The minimum absolute atomic E-state index is 0.0322. The third-order valence-electron chi connectivity index (χ3n) is 4.30. The Balaban J connectivity index is 1.92. The minimum Gasteiger partial charge on any atom is -0.491 e. The number of carbonyl (C=O) groups is 1. The van der Waals surface area contributed by atoms with Gasteiger partial charge in [-0.3, -0.25) is 9.52 Å². The maximum Gasteiger partial charge on any atom is 0.241 e. The molecule has 2 rings (SSSR count). The summed E-state index contributed by atoms with van der Waals surface area (Å²) in [5.41, 5.74) is 2.52. The highest BCUT2D eigenvalue weighted by Gasteiger charge is 2.19. The second-order valence-electron chi connectivity index (χ2n) is 7.66. The summed E-state index contributed by atoms with van der Waals surface area (Å²) < 4.78 is 32.6. The Morgan fingerprint density at radius 2 is 1.45 bits per heavy atom. The minimum atomic E-state index is -3.82. The predicted octanol–water partition coefficient (Wildman–Crippen LogP) is 4.22. The highest BCUT2D eigenvalue weighted by molar-refractivity contribution is 7.93. The average Bonchev–Trinajstić information content (AvgIpc) is 2.62. The molecule has 2 N–H and O–H groups in total. The lowest BCUT2D eigenvalue weighted by atomic mass is 10.00. The summed E-state index contributed by atoms with van der Waals surface area (Å²) in [6.07, 6.45) is 0.0322. The maximum absolute atomic E-state index is 12.3. The molecule has 0 fully saturated rings. The highest BCUT2D eigenvalue weighted by Crippen LogP contribution is 2.19. The topological polar surface area (TPSA) is 84.5 Å². The van der Waals surface area contributed by atoms with Gasteiger partial charge in [0, 0.05) is 5.69 Å². The van der Waals surface area contributed by atoms with Gasteiger partial charge in [0.05, 0.1) is 12.1 Å². The second kappa shape index (κ2) is 9.78. The van der Waals surface area contributed by atoms with Gasteiger partial charge in [0.25, 0.3) is 0 Å². The number of nitrogens with one attached hydrogen (secondary N) is 2. The van der Waals surface area contributed by atoms with E-state index >= 15 is 0 Å². The molecule has 1 amide bonds. The quantitative estimate of drug-likeness (QED) is 0.639. The van der Waals surface area contributed by atoms with Crippen LogP contribution in [0.1, 0.15) is 57.7 Å². The van der Waals surface area contributed by atoms with Crippen LogP contribution in [0.25, 0.3) is 0 Å². The maximum atomic E-state index is 12.3. The monoisotopic (exact) mass is 418 g/mol. The van der Waals surface area contributed by atoms with Crippen molar-refractivity contribution in [3.05, 3.63) is 59.7 Å². The van der Waals surface area contributed by atoms with Crippen molar-refractivity contribution in [3.8, 4) is 5.75 Å². The van der Waals surface area contributed by atoms with Gasteiger partial charge < -0.3 is 10.1 Å². The molecule has 29 heavy (non-hydrogen) atoms. The number of benzene rings is 2. The molecule has 158 valence electrons. The Bertz CT molecular complexity index is 905. The molecule has 1 unspecified atom stereocenters. The zero-order chi connectivity index (χ0) is 21.6. The van der Waals surface area contributed by atoms with Gasteiger partial charge in [-0.15, -0.1) is 0 Å². The third kappa shape index (κ3) is 7.42. The van der Waals surface area contributed by atoms with E-state index in [1.807, 2.05) is 45.0 Å². The van der Waals surface area contributed by atoms with E-state index in [-0.39, 0.29) is 12.1 Å². The Kier molecular flexibility index (Phi) is 7.67. The Labute approximate surface area is 173 Å². The standard InChI is InChI=1S/C22H30N2O4S/c1-15(2)18-6-8-19(9-7-18)17(5)23-22(25)14-29(26,27)24-20-10-12-21(13-11-20)28-16(3)4/h6-13,15-17,24H,14H2,1-5H3,(H,23,25). The van der Waals surface area contributed by atoms with Crippen molar-refractivity contribution < 1.29 is 17.9 Å². The largest absolute Gasteiger partial charge is 0.491 e. The van der Waals surface area contributed by atoms with E-state index < -0.39 is 21.7 Å². The molecule has 2 aromatic carbocycles. The fraction of sp³-hybridized carbons (Fsp3) is 0.409. The highest BCUT2D eigenvalue weighted by atomic mass is 32.2. The molecule has 0 bridgehead atoms. The SMILES string of the molecule is CC(C)Oc1ccc(NS(=O)(=O)CC(=O)NC(C)c2ccc(C(C)C)cc2)cc1. The summed E-state index contributed by atoms with van der Waals surface area (Å²) in [4.78, 5) is 12.2. The van der Waals surface area contributed by atoms with Crippen LogP contribution in [-0.4, -0.2) is 26.2 Å². The van der Waals surface area contributed by atoms with Gasteiger partial charge in [-0.05, 0) is 62.1 Å². The molecule has 7 heteroatoms. The molecule has 0 heterocycles. The van der Waals surface area contributed by atoms with E-state index in [2.05, 4.69) is 23.9 Å². The average molecular weight is 419 g/mol. The number of amides is 1. The van der Waals surface area contributed by atoms with Crippen LogP contribution < -0.4 is 14.8 Å². The number of hydrogen-bond donors (Lipinski definition) is 2. The molecule has 0 aliphatic rings. The molecule has 0 aliphatic heterocycles. The van der Waals surface area contributed by atoms with E-state index in [0.717, 1.165) is 5.56 Å². The molecule has 0 saturated carbocycles. The number of carbonyl (C=O) groups excluding carboxylic acids is 1. The van der Waals surface area contributed by atoms with Crippen molar-refractivity contribution in [2.75, 3.05) is 10.5 Å². The summed E-state index contributed by atoms with van der Waals surface area (Å²) in [6.45, 7) is 9.88. The van der Waals surface area contributed by atoms with Crippen LogP contribution in [0.5, 0.6) is 5.75 Å². The number of rotatable bonds is 9. The molecule has 1 atom stereocenters. The second-order valence-corrected chi connectivity index (χ2v) is 9.38. The van der Waals surface area contributed by atoms with E-state index in [4.69, 9.17) is 4.74 Å². The van der Waals surface area contributed by atoms with Crippen molar-refractivity contribution >= 4 is 21.6 Å². The lowest BCUT2D eigenvalue weighted by Crippen LogP contribution is -2.34. The van der Waals surface area contributed by atoms with Crippen LogP contribution in [0.3, 0.4) is 0 Å². The first-order valence-electron chi connectivity index (χ1n) is 9.72. The van der Waals surface area contributed by atoms with E-state index in [9.17, 15) is 13.2 Å². The summed E-state index contributed by atoms with van der Waals surface area (Å²) in [6, 6.07) is 14.2. The fourth-order valence-corrected chi connectivity index (χ4v) is 3.79. The first kappa shape index (κ1) is 22.7. The van der Waals surface area contributed by atoms with Gasteiger partial charge in [0.15, 0.2) is 0 Å². The zero-order valence-corrected chi connectivity index (χ0v) is 18.4. The van der Waals surface area contributed by atoms with Crippen molar-refractivity contribution in [1.82, 2.24) is 5.32 Å². The Morgan fingerprint density at radius 1 is 0.897 bits per heavy atom. The zero-order valence-electron chi connectivity index (χ0n) is 17.6. The fourth-order valence-electron chi connectivity index (χ4n) is 2.80. The molecule has 2 aromatic rings. The smallest absolute Gasteiger partial charge is 0.241 e. The van der Waals surface area contributed by atoms with Crippen LogP contribution in [0.15, 0.2) is 48.5 Å². The molecule has 0 aromatic heterocycles. The normalized spacial score (nSPS) is 12.7. The van der Waals surface area contributed by atoms with Gasteiger partial charge in [0.1, 0.15) is 11.5 Å². The molecular weight excluding hydrogens is 388 g/mol. The summed E-state index contributed by atoms with van der Waals surface area (Å²) in [5, 5.41) is 2.74. The van der Waals surface area contributed by atoms with Crippen LogP contribution in [0.4, 0.5) is 5.69 Å². The Hall–Kier alpha value is -2.54. The Morgan fingerprint density at radius 3 is 1.97 bits per heavy atom. The number of sulfonamides is 1. The van der Waals surface area contributed by atoms with Gasteiger partial charge in [-0.25, -0.2) is 8.42 Å². The number of anilines is 1. The van der Waals surface area contributed by atoms with Crippen LogP contribution in [0, 0.1) is 0 Å². The van der Waals surface area contributed by atoms with Crippen molar-refractivity contribution in [1.29, 1.82) is 0 Å². The van der Waals surface area contributed by atoms with E-state index in [0.29, 0.717) is 17.4 Å². The molecule has 0 aliphatic carbocycles. The lowest BCUT2D eigenvalue weighted by Gasteiger charge is -2.16. The lowest BCUT2D eigenvalue weighted by molar-refractivity contribution is -0.119. The number of hydrogen-bond acceptors (Lipinski definition) is 4. The van der Waals surface area contributed by atoms with Crippen molar-refractivity contribution in [2.45, 2.75) is 52.7 Å². The van der Waals surface area contributed by atoms with Gasteiger partial charge >= 0.3 is 0 Å². The van der Waals surface area contributed by atoms with Gasteiger partial charge in [-0.1, -0.05) is 38.1 Å². The van der Waals surface area contributed by atoms with Gasteiger partial charge in [0.2, 0.25) is 15.9 Å². The van der Waals surface area contributed by atoms with Gasteiger partial charge in [-0.2, -0.15) is 0 Å². The molecular formula is C22H30N2O4S. The summed E-state index contributed by atoms with van der Waals surface area (Å²) in [7, 11) is -3.82. The first-order chi connectivity index (χ1) is 13.6. The summed E-state index contributed by atoms with van der Waals surface area (Å²) >= 11 is 0. The first-order valence-corrected chi connectivity index (χ1v) is 11.4. The van der Waals surface area contributed by atoms with E-state index in [1.165, 1.54) is 5.56 Å². The molecule has 0 saturated heterocycles. The molecule has 0 radical (unpaired) electrons. The predicted molar refractivity (Wildman–Crippen MR) is 117 cm³/mol. The summed E-state index contributed by atoms with van der Waals surface area (Å²) in [5.74, 6) is -0.127. The van der Waals surface area contributed by atoms with E-state index in [1.54, 1.807) is 24.3 Å². The number of ether oxygens (including phenoxy) is 1. The van der Waals surface area contributed by atoms with Crippen molar-refractivity contribution in [3.63, 3.8) is 0 Å². The molecule has 6 nitrogen and oxygen atoms in total.